The summed E-state index contributed by atoms with van der Waals surface area (Å²) in [5, 5.41) is 3.95. The molecule has 5 rings (SSSR count). The van der Waals surface area contributed by atoms with Crippen molar-refractivity contribution in [2.75, 3.05) is 84.1 Å². The smallest absolute Gasteiger partial charge is 0.409 e. The van der Waals surface area contributed by atoms with Crippen LogP contribution < -0.4 is 15.0 Å². The fraction of sp³-hybridized carbons (Fsp3) is 0.464. The lowest BCUT2D eigenvalue weighted by molar-refractivity contribution is 0.0932. The van der Waals surface area contributed by atoms with Gasteiger partial charge in [0, 0.05) is 71.0 Å². The average molecular weight is 653 g/mol. The third kappa shape index (κ3) is 7.68. The number of benzene rings is 2. The van der Waals surface area contributed by atoms with E-state index in [1.165, 1.54) is 33.5 Å². The second kappa shape index (κ2) is 14.5. The Morgan fingerprint density at radius 2 is 1.67 bits per heavy atom. The number of aromatic nitrogens is 1. The molecule has 3 aromatic rings. The van der Waals surface area contributed by atoms with E-state index in [-0.39, 0.29) is 56.0 Å². The molecule has 0 saturated carbocycles. The largest absolute Gasteiger partial charge is 0.497 e. The Labute approximate surface area is 262 Å². The molecule has 0 bridgehead atoms. The van der Waals surface area contributed by atoms with Crippen molar-refractivity contribution in [3.05, 3.63) is 48.0 Å². The number of nitrogens with zero attached hydrogens (tertiary/aromatic N) is 5. The Bertz CT molecular complexity index is 1500. The van der Waals surface area contributed by atoms with Crippen molar-refractivity contribution in [3.63, 3.8) is 0 Å². The Morgan fingerprint density at radius 3 is 2.33 bits per heavy atom. The van der Waals surface area contributed by atoms with Crippen LogP contribution in [0.15, 0.2) is 47.4 Å². The zero-order chi connectivity index (χ0) is 29.7. The molecule has 15 heteroatoms. The third-order valence-electron chi connectivity index (χ3n) is 7.46. The Hall–Kier alpha value is -3.17. The number of carbonyl (C=O) groups is 2. The Balaban J connectivity index is 0.00000423. The van der Waals surface area contributed by atoms with Crippen LogP contribution in [0.1, 0.15) is 17.3 Å². The summed E-state index contributed by atoms with van der Waals surface area (Å²) in [5.74, 6) is 0.582. The monoisotopic (exact) mass is 652 g/mol. The fourth-order valence-corrected chi connectivity index (χ4v) is 7.47. The van der Waals surface area contributed by atoms with Crippen LogP contribution in [0.25, 0.3) is 10.2 Å². The lowest BCUT2D eigenvalue weighted by atomic mass is 10.2. The first-order valence-electron chi connectivity index (χ1n) is 14.0. The summed E-state index contributed by atoms with van der Waals surface area (Å²) in [6.07, 6.45) is -0.432. The van der Waals surface area contributed by atoms with E-state index in [1.807, 2.05) is 18.2 Å². The van der Waals surface area contributed by atoms with Gasteiger partial charge in [0.1, 0.15) is 5.75 Å². The molecule has 2 amide bonds. The van der Waals surface area contributed by atoms with Crippen molar-refractivity contribution < 1.29 is 27.5 Å². The highest BCUT2D eigenvalue weighted by molar-refractivity contribution is 7.89. The van der Waals surface area contributed by atoms with Crippen LogP contribution in [-0.2, 0) is 14.8 Å². The van der Waals surface area contributed by atoms with E-state index in [1.54, 1.807) is 25.4 Å². The number of thiazole rings is 1. The molecule has 2 aromatic carbocycles. The highest BCUT2D eigenvalue weighted by Crippen LogP contribution is 2.31. The average Bonchev–Trinajstić information content (AvgIpc) is 3.45. The number of nitrogens with one attached hydrogen (secondary N) is 1. The van der Waals surface area contributed by atoms with Crippen LogP contribution >= 0.6 is 23.7 Å². The van der Waals surface area contributed by atoms with Crippen LogP contribution in [-0.4, -0.2) is 119 Å². The molecule has 3 heterocycles. The van der Waals surface area contributed by atoms with Crippen molar-refractivity contribution in [2.24, 2.45) is 0 Å². The SMILES string of the molecule is CCOC(=O)N1CCN(S(=O)(=O)c2ccc(C(=O)NCCN3CCN(c4nc5ccc(OC)cc5s4)CC3)cc2)CC1.Cl. The molecule has 0 aliphatic carbocycles. The van der Waals surface area contributed by atoms with Crippen LogP contribution in [0.4, 0.5) is 9.93 Å². The topological polar surface area (TPSA) is 125 Å². The van der Waals surface area contributed by atoms with Crippen molar-refractivity contribution >= 4 is 61.1 Å². The van der Waals surface area contributed by atoms with Crippen LogP contribution in [0.3, 0.4) is 0 Å². The summed E-state index contributed by atoms with van der Waals surface area (Å²) >= 11 is 1.67. The lowest BCUT2D eigenvalue weighted by Crippen LogP contribution is -2.50. The summed E-state index contributed by atoms with van der Waals surface area (Å²) in [6.45, 7) is 7.59. The quantitative estimate of drug-likeness (QED) is 0.372. The molecular weight excluding hydrogens is 616 g/mol. The van der Waals surface area contributed by atoms with E-state index >= 15 is 0 Å². The van der Waals surface area contributed by atoms with Gasteiger partial charge in [-0.2, -0.15) is 4.31 Å². The Kier molecular flexibility index (Phi) is 11.1. The second-order valence-electron chi connectivity index (χ2n) is 10.0. The molecule has 2 aliphatic rings. The molecule has 0 unspecified atom stereocenters. The van der Waals surface area contributed by atoms with Crippen LogP contribution in [0, 0.1) is 0 Å². The van der Waals surface area contributed by atoms with E-state index in [2.05, 4.69) is 15.1 Å². The molecule has 234 valence electrons. The number of piperazine rings is 2. The van der Waals surface area contributed by atoms with Gasteiger partial charge in [-0.1, -0.05) is 11.3 Å². The van der Waals surface area contributed by atoms with E-state index in [0.29, 0.717) is 12.1 Å². The molecular formula is C28H37ClN6O6S2. The number of rotatable bonds is 9. The number of carbonyl (C=O) groups excluding carboxylic acids is 2. The van der Waals surface area contributed by atoms with Gasteiger partial charge in [-0.3, -0.25) is 9.69 Å². The molecule has 1 aromatic heterocycles. The Morgan fingerprint density at radius 1 is 0.977 bits per heavy atom. The van der Waals surface area contributed by atoms with Gasteiger partial charge in [-0.15, -0.1) is 12.4 Å². The lowest BCUT2D eigenvalue weighted by Gasteiger charge is -2.34. The predicted octanol–water partition coefficient (Wildman–Crippen LogP) is 2.74. The van der Waals surface area contributed by atoms with Gasteiger partial charge in [0.05, 0.1) is 28.8 Å². The first-order valence-corrected chi connectivity index (χ1v) is 16.3. The molecule has 2 fully saturated rings. The first kappa shape index (κ1) is 32.7. The molecule has 0 atom stereocenters. The third-order valence-corrected chi connectivity index (χ3v) is 10.5. The van der Waals surface area contributed by atoms with Crippen LogP contribution in [0.2, 0.25) is 0 Å². The number of ether oxygens (including phenoxy) is 2. The molecule has 0 spiro atoms. The number of hydrogen-bond donors (Lipinski definition) is 1. The van der Waals surface area contributed by atoms with Crippen molar-refractivity contribution in [2.45, 2.75) is 11.8 Å². The maximum Gasteiger partial charge on any atom is 0.409 e. The summed E-state index contributed by atoms with van der Waals surface area (Å²) in [4.78, 5) is 35.6. The van der Waals surface area contributed by atoms with Gasteiger partial charge in [0.25, 0.3) is 5.91 Å². The van der Waals surface area contributed by atoms with E-state index in [9.17, 15) is 18.0 Å². The minimum absolute atomic E-state index is 0. The van der Waals surface area contributed by atoms with Gasteiger partial charge in [0.2, 0.25) is 10.0 Å². The molecule has 12 nitrogen and oxygen atoms in total. The predicted molar refractivity (Wildman–Crippen MR) is 168 cm³/mol. The summed E-state index contributed by atoms with van der Waals surface area (Å²) in [5.41, 5.74) is 1.37. The normalized spacial score (nSPS) is 16.5. The van der Waals surface area contributed by atoms with Gasteiger partial charge in [-0.05, 0) is 49.4 Å². The van der Waals surface area contributed by atoms with Crippen molar-refractivity contribution in [1.82, 2.24) is 24.4 Å². The maximum atomic E-state index is 13.1. The molecule has 43 heavy (non-hydrogen) atoms. The van der Waals surface area contributed by atoms with Crippen molar-refractivity contribution in [1.29, 1.82) is 0 Å². The maximum absolute atomic E-state index is 13.1. The van der Waals surface area contributed by atoms with Crippen molar-refractivity contribution in [3.8, 4) is 5.75 Å². The minimum Gasteiger partial charge on any atom is -0.497 e. The number of methoxy groups -OCH3 is 1. The summed E-state index contributed by atoms with van der Waals surface area (Å²) < 4.78 is 38.9. The molecule has 0 radical (unpaired) electrons. The standard InChI is InChI=1S/C28H36N6O6S2.ClH/c1-3-40-28(36)33-16-18-34(19-17-33)42(37,38)23-7-4-21(5-8-23)26(35)29-10-11-31-12-14-32(15-13-31)27-30-24-9-6-22(39-2)20-25(24)41-27;/h4-9,20H,3,10-19H2,1-2H3,(H,29,35);1H. The first-order chi connectivity index (χ1) is 20.3. The van der Waals surface area contributed by atoms with E-state index in [4.69, 9.17) is 14.5 Å². The number of hydrogen-bond acceptors (Lipinski definition) is 10. The second-order valence-corrected chi connectivity index (χ2v) is 13.0. The fourth-order valence-electron chi connectivity index (χ4n) is 5.00. The zero-order valence-electron chi connectivity index (χ0n) is 24.2. The molecule has 2 aliphatic heterocycles. The summed E-state index contributed by atoms with van der Waals surface area (Å²) in [7, 11) is -2.07. The van der Waals surface area contributed by atoms with Gasteiger partial charge in [-0.25, -0.2) is 18.2 Å². The van der Waals surface area contributed by atoms with Gasteiger partial charge >= 0.3 is 6.09 Å². The van der Waals surface area contributed by atoms with E-state index < -0.39 is 16.1 Å². The molecule has 1 N–H and O–H groups in total. The highest BCUT2D eigenvalue weighted by Gasteiger charge is 2.30. The van der Waals surface area contributed by atoms with Crippen LogP contribution in [0.5, 0.6) is 5.75 Å². The minimum atomic E-state index is -3.73. The zero-order valence-corrected chi connectivity index (χ0v) is 26.7. The van der Waals surface area contributed by atoms with Gasteiger partial charge in [0.15, 0.2) is 5.13 Å². The number of amides is 2. The van der Waals surface area contributed by atoms with Gasteiger partial charge < -0.3 is 24.6 Å². The van der Waals surface area contributed by atoms with E-state index in [0.717, 1.165) is 53.8 Å². The molecule has 2 saturated heterocycles. The highest BCUT2D eigenvalue weighted by atomic mass is 35.5. The summed E-state index contributed by atoms with van der Waals surface area (Å²) in [6, 6.07) is 11.9. The number of halogens is 1. The number of sulfonamides is 1. The number of fused-ring (bicyclic) bond motifs is 1. The number of anilines is 1.